The van der Waals surface area contributed by atoms with Crippen LogP contribution in [-0.2, 0) is 33.2 Å². The molecule has 12 N–H and O–H groups in total. The quantitative estimate of drug-likeness (QED) is 0.0199. The van der Waals surface area contributed by atoms with E-state index in [1.54, 1.807) is 6.08 Å². The Labute approximate surface area is 585 Å². The number of aliphatic hydroxyl groups is 11. The van der Waals surface area contributed by atoms with Gasteiger partial charge in [0.25, 0.3) is 0 Å². The number of hydrogen-bond donors (Lipinski definition) is 12. The van der Waals surface area contributed by atoms with Gasteiger partial charge in [-0.3, -0.25) is 4.79 Å². The van der Waals surface area contributed by atoms with E-state index in [1.165, 1.54) is 6.42 Å². The van der Waals surface area contributed by atoms with Crippen molar-refractivity contribution in [3.8, 4) is 0 Å². The molecule has 17 atom stereocenters. The normalized spacial score (nSPS) is 27.9. The molecule has 0 aromatic carbocycles. The van der Waals surface area contributed by atoms with Crippen molar-refractivity contribution in [1.82, 2.24) is 5.32 Å². The smallest absolute Gasteiger partial charge is 0.220 e. The summed E-state index contributed by atoms with van der Waals surface area (Å²) in [4.78, 5) is 13.4. The molecule has 0 bridgehead atoms. The summed E-state index contributed by atoms with van der Waals surface area (Å²) < 4.78 is 34.2. The van der Waals surface area contributed by atoms with Crippen molar-refractivity contribution in [3.63, 3.8) is 0 Å². The topological polar surface area (TPSA) is 307 Å². The fraction of sp³-hybridized carbons (Fsp3) is 0.608. The highest BCUT2D eigenvalue weighted by atomic mass is 16.8. The van der Waals surface area contributed by atoms with Crippen LogP contribution in [0.25, 0.3) is 0 Å². The Balaban J connectivity index is 1.35. The minimum absolute atomic E-state index is 0.189. The van der Waals surface area contributed by atoms with Crippen LogP contribution >= 0.6 is 0 Å². The molecular weight excluding hydrogens is 1250 g/mol. The van der Waals surface area contributed by atoms with Crippen LogP contribution < -0.4 is 5.32 Å². The van der Waals surface area contributed by atoms with Gasteiger partial charge in [-0.05, 0) is 128 Å². The van der Waals surface area contributed by atoms with E-state index in [1.807, 2.05) is 6.08 Å². The third-order valence-corrected chi connectivity index (χ3v) is 16.4. The summed E-state index contributed by atoms with van der Waals surface area (Å²) in [6.45, 7) is 1.47. The Bertz CT molecular complexity index is 2490. The summed E-state index contributed by atoms with van der Waals surface area (Å²) in [6.07, 6.45) is 60.4. The number of allylic oxidation sites excluding steroid dienone is 29. The molecule has 3 fully saturated rings. The Kier molecular flexibility index (Phi) is 51.1. The molecule has 19 nitrogen and oxygen atoms in total. The van der Waals surface area contributed by atoms with Gasteiger partial charge in [-0.25, -0.2) is 0 Å². The zero-order valence-electron chi connectivity index (χ0n) is 58.4. The fourth-order valence-corrected chi connectivity index (χ4v) is 10.6. The van der Waals surface area contributed by atoms with Crippen LogP contribution in [0.15, 0.2) is 182 Å². The molecule has 1 amide bonds. The van der Waals surface area contributed by atoms with Crippen molar-refractivity contribution >= 4 is 5.91 Å². The molecule has 0 aliphatic carbocycles. The minimum Gasteiger partial charge on any atom is -0.394 e. The molecule has 0 spiro atoms. The van der Waals surface area contributed by atoms with Gasteiger partial charge in [-0.2, -0.15) is 0 Å². The molecule has 0 saturated carbocycles. The number of carbonyl (C=O) groups excluding carboxylic acids is 1. The molecule has 3 saturated heterocycles. The number of amides is 1. The van der Waals surface area contributed by atoms with E-state index in [2.05, 4.69) is 189 Å². The number of ether oxygens (including phenoxy) is 6. The van der Waals surface area contributed by atoms with E-state index < -0.39 is 131 Å². The SMILES string of the molecule is CC/C=C\C/C=C\C/C=C\C/C=C\C/C=C\C/C=C\C/C=C\C/C=C\C/C=C\C/C=C\C/C=C\C/C=C\CCCCCCC(=O)NC(COC1OC(CO)C(OC2OC(CO)C(OC3OC(CO)C(O)C(O)C3O)C(O)C2O)C(O)C1O)C(O)/C=C/CC/C=C/CC/C=C/CCCC. The monoisotopic (exact) mass is 1370 g/mol. The first-order chi connectivity index (χ1) is 47.8. The van der Waals surface area contributed by atoms with Gasteiger partial charge in [0.05, 0.1) is 38.6 Å². The minimum atomic E-state index is -1.99. The highest BCUT2D eigenvalue weighted by molar-refractivity contribution is 5.76. The van der Waals surface area contributed by atoms with Gasteiger partial charge >= 0.3 is 0 Å². The van der Waals surface area contributed by atoms with Crippen molar-refractivity contribution in [2.24, 2.45) is 0 Å². The van der Waals surface area contributed by atoms with Crippen molar-refractivity contribution in [2.45, 2.75) is 279 Å². The van der Waals surface area contributed by atoms with Crippen molar-refractivity contribution in [3.05, 3.63) is 182 Å². The molecule has 3 rings (SSSR count). The largest absolute Gasteiger partial charge is 0.394 e. The van der Waals surface area contributed by atoms with Gasteiger partial charge < -0.3 is 89.9 Å². The lowest BCUT2D eigenvalue weighted by molar-refractivity contribution is -0.379. The predicted octanol–water partition coefficient (Wildman–Crippen LogP) is 10.4. The standard InChI is InChI=1S/C79H123NO18/c1-3-5-7-9-11-13-15-17-18-19-20-21-22-23-24-25-26-27-28-29-30-31-32-33-34-35-36-37-38-39-40-41-42-43-44-45-47-49-51-53-55-57-67(85)80-62(63(84)56-54-52-50-48-46-16-14-12-10-8-6-4-2)61-93-77-73(91)70(88)75(65(59-82)95-77)98-79-74(92)71(89)76(66(60-83)96-79)97-78-72(90)69(87)68(86)64(58-81)94-78/h5,7,10-13,17-18,20-21,23-24,26-27,29-30,32-33,35-36,38-39,41-42,44-46,48,54,56,62-66,68-79,81-84,86-92H,3-4,6,8-9,14-16,19,22,25,28,31,34,37,40,43,47,49-53,55,57-61H2,1-2H3,(H,80,85)/b7-5-,12-10+,13-11-,18-17-,21-20-,24-23-,27-26-,30-29-,33-32-,36-35-,39-38-,42-41-,45-44-,48-46+,56-54+. The molecule has 98 heavy (non-hydrogen) atoms. The van der Waals surface area contributed by atoms with Gasteiger partial charge in [0.15, 0.2) is 18.9 Å². The Hall–Kier alpha value is -5.11. The Morgan fingerprint density at radius 2 is 0.714 bits per heavy atom. The van der Waals surface area contributed by atoms with E-state index >= 15 is 0 Å². The molecule has 0 aromatic heterocycles. The zero-order valence-corrected chi connectivity index (χ0v) is 58.4. The van der Waals surface area contributed by atoms with Crippen LogP contribution in [0.4, 0.5) is 0 Å². The fourth-order valence-electron chi connectivity index (χ4n) is 10.6. The molecule has 3 heterocycles. The summed E-state index contributed by atoms with van der Waals surface area (Å²) in [5, 5.41) is 120. The number of aliphatic hydroxyl groups excluding tert-OH is 11. The van der Waals surface area contributed by atoms with E-state index in [-0.39, 0.29) is 12.3 Å². The summed E-state index contributed by atoms with van der Waals surface area (Å²) in [6, 6.07) is -1.02. The van der Waals surface area contributed by atoms with E-state index in [0.29, 0.717) is 12.8 Å². The number of nitrogens with one attached hydrogen (secondary N) is 1. The molecule has 552 valence electrons. The Morgan fingerprint density at radius 1 is 0.378 bits per heavy atom. The van der Waals surface area contributed by atoms with E-state index in [0.717, 1.165) is 135 Å². The first-order valence-electron chi connectivity index (χ1n) is 36.0. The maximum atomic E-state index is 13.4. The molecule has 19 heteroatoms. The van der Waals surface area contributed by atoms with Crippen LogP contribution in [0.1, 0.15) is 174 Å². The second kappa shape index (κ2) is 57.5. The lowest BCUT2D eigenvalue weighted by Gasteiger charge is -2.48. The number of hydrogen-bond acceptors (Lipinski definition) is 18. The summed E-state index contributed by atoms with van der Waals surface area (Å²) >= 11 is 0. The summed E-state index contributed by atoms with van der Waals surface area (Å²) in [5.41, 5.74) is 0. The number of carbonyl (C=O) groups is 1. The first kappa shape index (κ1) is 87.1. The number of unbranched alkanes of at least 4 members (excludes halogenated alkanes) is 8. The molecule has 17 unspecified atom stereocenters. The van der Waals surface area contributed by atoms with Gasteiger partial charge in [-0.15, -0.1) is 0 Å². The average molecular weight is 1370 g/mol. The molecule has 0 aromatic rings. The first-order valence-corrected chi connectivity index (χ1v) is 36.0. The predicted molar refractivity (Wildman–Crippen MR) is 387 cm³/mol. The average Bonchev–Trinajstić information content (AvgIpc) is 0.785. The van der Waals surface area contributed by atoms with Crippen molar-refractivity contribution in [1.29, 1.82) is 0 Å². The highest BCUT2D eigenvalue weighted by Gasteiger charge is 2.53. The summed E-state index contributed by atoms with van der Waals surface area (Å²) in [5.74, 6) is -0.325. The third kappa shape index (κ3) is 38.1. The van der Waals surface area contributed by atoms with Crippen molar-refractivity contribution < 1.29 is 89.4 Å². The lowest BCUT2D eigenvalue weighted by atomic mass is 9.96. The van der Waals surface area contributed by atoms with Gasteiger partial charge in [0, 0.05) is 6.42 Å². The lowest BCUT2D eigenvalue weighted by Crippen LogP contribution is -2.66. The van der Waals surface area contributed by atoms with Crippen LogP contribution in [0.3, 0.4) is 0 Å². The third-order valence-electron chi connectivity index (χ3n) is 16.4. The van der Waals surface area contributed by atoms with Gasteiger partial charge in [0.2, 0.25) is 5.91 Å². The molecular formula is C79H123NO18. The maximum absolute atomic E-state index is 13.4. The van der Waals surface area contributed by atoms with Crippen LogP contribution in [0.2, 0.25) is 0 Å². The summed E-state index contributed by atoms with van der Waals surface area (Å²) in [7, 11) is 0. The second-order valence-corrected chi connectivity index (χ2v) is 24.6. The Morgan fingerprint density at radius 3 is 1.13 bits per heavy atom. The second-order valence-electron chi connectivity index (χ2n) is 24.6. The van der Waals surface area contributed by atoms with Gasteiger partial charge in [-0.1, -0.05) is 222 Å². The van der Waals surface area contributed by atoms with E-state index in [4.69, 9.17) is 28.4 Å². The van der Waals surface area contributed by atoms with Gasteiger partial charge in [0.1, 0.15) is 73.2 Å². The van der Waals surface area contributed by atoms with Crippen LogP contribution in [0, 0.1) is 0 Å². The maximum Gasteiger partial charge on any atom is 0.220 e. The van der Waals surface area contributed by atoms with Crippen LogP contribution in [-0.4, -0.2) is 193 Å². The molecule has 3 aliphatic heterocycles. The van der Waals surface area contributed by atoms with Crippen LogP contribution in [0.5, 0.6) is 0 Å². The molecule has 0 radical (unpaired) electrons. The highest BCUT2D eigenvalue weighted by Crippen LogP contribution is 2.33. The molecule has 3 aliphatic rings. The van der Waals surface area contributed by atoms with Crippen molar-refractivity contribution in [2.75, 3.05) is 26.4 Å². The van der Waals surface area contributed by atoms with E-state index in [9.17, 15) is 61.0 Å². The zero-order chi connectivity index (χ0) is 71.1. The number of rotatable bonds is 52.